The summed E-state index contributed by atoms with van der Waals surface area (Å²) in [5.41, 5.74) is 6.99. The van der Waals surface area contributed by atoms with E-state index in [9.17, 15) is 9.59 Å². The topological polar surface area (TPSA) is 93.9 Å². The molecule has 3 N–H and O–H groups in total. The molecule has 0 spiro atoms. The molecule has 0 saturated carbocycles. The molecule has 7 nitrogen and oxygen atoms in total. The minimum Gasteiger partial charge on any atom is -0.493 e. The van der Waals surface area contributed by atoms with Gasteiger partial charge in [-0.3, -0.25) is 14.5 Å². The van der Waals surface area contributed by atoms with Crippen LogP contribution in [-0.2, 0) is 17.8 Å². The van der Waals surface area contributed by atoms with Crippen molar-refractivity contribution in [2.24, 2.45) is 5.73 Å². The summed E-state index contributed by atoms with van der Waals surface area (Å²) >= 11 is 1.41. The number of para-hydroxylation sites is 2. The molecule has 3 rings (SSSR count). The Balaban J connectivity index is 1.73. The monoisotopic (exact) mass is 403 g/mol. The highest BCUT2D eigenvalue weighted by Gasteiger charge is 2.28. The molecule has 0 unspecified atom stereocenters. The summed E-state index contributed by atoms with van der Waals surface area (Å²) in [6.45, 7) is 5.72. The van der Waals surface area contributed by atoms with Crippen LogP contribution in [0.4, 0.5) is 5.00 Å². The third kappa shape index (κ3) is 4.28. The molecule has 2 heterocycles. The van der Waals surface area contributed by atoms with E-state index in [2.05, 4.69) is 24.1 Å². The molecule has 1 aromatic carbocycles. The van der Waals surface area contributed by atoms with E-state index in [1.54, 1.807) is 18.2 Å². The maximum atomic E-state index is 12.4. The smallest absolute Gasteiger partial charge is 0.262 e. The quantitative estimate of drug-likeness (QED) is 0.741. The van der Waals surface area contributed by atoms with E-state index in [-0.39, 0.29) is 12.5 Å². The number of nitrogens with one attached hydrogen (secondary N) is 1. The van der Waals surface area contributed by atoms with Gasteiger partial charge in [0.05, 0.1) is 12.7 Å². The van der Waals surface area contributed by atoms with E-state index < -0.39 is 5.91 Å². The van der Waals surface area contributed by atoms with Crippen LogP contribution in [0.5, 0.6) is 11.5 Å². The number of fused-ring (bicyclic) bond motifs is 1. The Kier molecular flexibility index (Phi) is 6.21. The highest BCUT2D eigenvalue weighted by atomic mass is 32.1. The number of methoxy groups -OCH3 is 1. The molecule has 0 aliphatic carbocycles. The molecule has 150 valence electrons. The molecule has 0 saturated heterocycles. The maximum absolute atomic E-state index is 12.4. The number of benzene rings is 1. The van der Waals surface area contributed by atoms with Gasteiger partial charge in [0.2, 0.25) is 0 Å². The van der Waals surface area contributed by atoms with Crippen molar-refractivity contribution in [2.75, 3.05) is 25.6 Å². The van der Waals surface area contributed by atoms with Crippen LogP contribution in [0.25, 0.3) is 0 Å². The van der Waals surface area contributed by atoms with Gasteiger partial charge >= 0.3 is 0 Å². The fourth-order valence-electron chi connectivity index (χ4n) is 3.26. The van der Waals surface area contributed by atoms with Crippen molar-refractivity contribution in [3.05, 3.63) is 40.3 Å². The van der Waals surface area contributed by atoms with Crippen molar-refractivity contribution in [3.8, 4) is 11.5 Å². The van der Waals surface area contributed by atoms with Crippen LogP contribution in [0, 0.1) is 0 Å². The number of anilines is 1. The van der Waals surface area contributed by atoms with Gasteiger partial charge in [-0.2, -0.15) is 0 Å². The largest absolute Gasteiger partial charge is 0.493 e. The van der Waals surface area contributed by atoms with Crippen LogP contribution in [0.2, 0.25) is 0 Å². The number of nitrogens with zero attached hydrogens (tertiary/aromatic N) is 1. The van der Waals surface area contributed by atoms with Crippen LogP contribution in [-0.4, -0.2) is 43.0 Å². The predicted octanol–water partition coefficient (Wildman–Crippen LogP) is 2.64. The molecule has 2 amide bonds. The molecule has 28 heavy (non-hydrogen) atoms. The number of rotatable bonds is 7. The van der Waals surface area contributed by atoms with Crippen LogP contribution >= 0.6 is 11.3 Å². The lowest BCUT2D eigenvalue weighted by atomic mass is 10.0. The first-order valence-electron chi connectivity index (χ1n) is 9.14. The minimum absolute atomic E-state index is 0.195. The fourth-order valence-corrected chi connectivity index (χ4v) is 4.55. The third-order valence-corrected chi connectivity index (χ3v) is 5.88. The summed E-state index contributed by atoms with van der Waals surface area (Å²) in [5, 5.41) is 3.29. The molecule has 2 aromatic rings. The Morgan fingerprint density at radius 2 is 2.00 bits per heavy atom. The molecule has 8 heteroatoms. The van der Waals surface area contributed by atoms with Crippen molar-refractivity contribution in [1.29, 1.82) is 0 Å². The second-order valence-corrected chi connectivity index (χ2v) is 7.98. The molecular weight excluding hydrogens is 378 g/mol. The molecule has 1 aromatic heterocycles. The van der Waals surface area contributed by atoms with Crippen LogP contribution in [0.3, 0.4) is 0 Å². The van der Waals surface area contributed by atoms with Crippen molar-refractivity contribution < 1.29 is 19.1 Å². The minimum atomic E-state index is -0.517. The van der Waals surface area contributed by atoms with Gasteiger partial charge in [0.15, 0.2) is 18.1 Å². The Labute approximate surface area is 168 Å². The van der Waals surface area contributed by atoms with Crippen LogP contribution in [0.15, 0.2) is 24.3 Å². The lowest BCUT2D eigenvalue weighted by Gasteiger charge is -2.30. The van der Waals surface area contributed by atoms with Gasteiger partial charge < -0.3 is 20.5 Å². The Bertz CT molecular complexity index is 878. The first-order chi connectivity index (χ1) is 13.4. The third-order valence-electron chi connectivity index (χ3n) is 4.74. The van der Waals surface area contributed by atoms with Crippen molar-refractivity contribution >= 4 is 28.2 Å². The number of hydrogen-bond acceptors (Lipinski definition) is 6. The normalized spacial score (nSPS) is 13.9. The van der Waals surface area contributed by atoms with Gasteiger partial charge in [-0.15, -0.1) is 11.3 Å². The zero-order valence-electron chi connectivity index (χ0n) is 16.3. The van der Waals surface area contributed by atoms with Gasteiger partial charge in [0, 0.05) is 24.0 Å². The summed E-state index contributed by atoms with van der Waals surface area (Å²) in [7, 11) is 1.54. The lowest BCUT2D eigenvalue weighted by molar-refractivity contribution is -0.118. The average Bonchev–Trinajstić information content (AvgIpc) is 3.03. The van der Waals surface area contributed by atoms with E-state index in [1.165, 1.54) is 18.4 Å². The van der Waals surface area contributed by atoms with E-state index >= 15 is 0 Å². The van der Waals surface area contributed by atoms with E-state index in [0.717, 1.165) is 30.0 Å². The van der Waals surface area contributed by atoms with E-state index in [1.807, 2.05) is 6.07 Å². The maximum Gasteiger partial charge on any atom is 0.262 e. The van der Waals surface area contributed by atoms with Crippen molar-refractivity contribution in [3.63, 3.8) is 0 Å². The zero-order chi connectivity index (χ0) is 20.3. The van der Waals surface area contributed by atoms with Crippen LogP contribution in [0.1, 0.15) is 34.6 Å². The number of nitrogens with two attached hydrogens (primary N) is 1. The van der Waals surface area contributed by atoms with E-state index in [0.29, 0.717) is 28.1 Å². The number of hydrogen-bond donors (Lipinski definition) is 2. The van der Waals surface area contributed by atoms with Gasteiger partial charge in [0.1, 0.15) is 5.00 Å². The molecule has 0 radical (unpaired) electrons. The number of primary amides is 1. The summed E-state index contributed by atoms with van der Waals surface area (Å²) in [6.07, 6.45) is 0.746. The van der Waals surface area contributed by atoms with E-state index in [4.69, 9.17) is 15.2 Å². The molecule has 1 aliphatic heterocycles. The van der Waals surface area contributed by atoms with Crippen molar-refractivity contribution in [2.45, 2.75) is 32.9 Å². The van der Waals surface area contributed by atoms with Gasteiger partial charge in [-0.25, -0.2) is 0 Å². The molecule has 0 atom stereocenters. The SMILES string of the molecule is COc1ccccc1OCC(=O)Nc1sc2c(c1C(N)=O)CCN(C(C)C)C2. The number of ether oxygens (including phenoxy) is 2. The first kappa shape index (κ1) is 20.2. The number of carbonyl (C=O) groups excluding carboxylic acids is 2. The molecular formula is C20H25N3O4S. The number of amides is 2. The number of thiophene rings is 1. The molecule has 0 bridgehead atoms. The zero-order valence-corrected chi connectivity index (χ0v) is 17.1. The Morgan fingerprint density at radius 1 is 1.29 bits per heavy atom. The number of carbonyl (C=O) groups is 2. The highest BCUT2D eigenvalue weighted by molar-refractivity contribution is 7.17. The molecule has 1 aliphatic rings. The van der Waals surface area contributed by atoms with Crippen molar-refractivity contribution in [1.82, 2.24) is 4.90 Å². The fraction of sp³-hybridized carbons (Fsp3) is 0.400. The second kappa shape index (κ2) is 8.62. The lowest BCUT2D eigenvalue weighted by Crippen LogP contribution is -2.35. The second-order valence-electron chi connectivity index (χ2n) is 6.87. The Morgan fingerprint density at radius 3 is 2.64 bits per heavy atom. The van der Waals surface area contributed by atoms with Gasteiger partial charge in [0.25, 0.3) is 11.8 Å². The summed E-state index contributed by atoms with van der Waals surface area (Å²) in [5.74, 6) is 0.158. The average molecular weight is 404 g/mol. The highest BCUT2D eigenvalue weighted by Crippen LogP contribution is 2.37. The summed E-state index contributed by atoms with van der Waals surface area (Å²) in [4.78, 5) is 27.9. The standard InChI is InChI=1S/C20H25N3O4S/c1-12(2)23-9-8-13-16(10-23)28-20(18(13)19(21)25)22-17(24)11-27-15-7-5-4-6-14(15)26-3/h4-7,12H,8-11H2,1-3H3,(H2,21,25)(H,22,24). The molecule has 0 fully saturated rings. The predicted molar refractivity (Wildman–Crippen MR) is 109 cm³/mol. The summed E-state index contributed by atoms with van der Waals surface area (Å²) < 4.78 is 10.8. The summed E-state index contributed by atoms with van der Waals surface area (Å²) in [6, 6.07) is 7.52. The van der Waals surface area contributed by atoms with Crippen LogP contribution < -0.4 is 20.5 Å². The Hall–Kier alpha value is -2.58. The van der Waals surface area contributed by atoms with Gasteiger partial charge in [-0.1, -0.05) is 12.1 Å². The first-order valence-corrected chi connectivity index (χ1v) is 9.96. The van der Waals surface area contributed by atoms with Gasteiger partial charge in [-0.05, 0) is 38.0 Å².